The van der Waals surface area contributed by atoms with Crippen LogP contribution in [0, 0.1) is 11.6 Å². The topological polar surface area (TPSA) is 77.8 Å². The van der Waals surface area contributed by atoms with Gasteiger partial charge in [-0.1, -0.05) is 15.9 Å². The van der Waals surface area contributed by atoms with Crippen molar-refractivity contribution in [3.05, 3.63) is 33.8 Å². The lowest BCUT2D eigenvalue weighted by atomic mass is 10.0. The fraction of sp³-hybridized carbons (Fsp3) is 0.222. The third kappa shape index (κ3) is 2.55. The van der Waals surface area contributed by atoms with Gasteiger partial charge in [0.15, 0.2) is 6.10 Å². The van der Waals surface area contributed by atoms with E-state index in [4.69, 9.17) is 10.2 Å². The first-order valence-corrected chi connectivity index (χ1v) is 4.87. The Kier molecular flexibility index (Phi) is 3.95. The van der Waals surface area contributed by atoms with E-state index in [-0.39, 0.29) is 4.47 Å². The Labute approximate surface area is 97.3 Å². The van der Waals surface area contributed by atoms with Crippen LogP contribution in [0.5, 0.6) is 0 Å². The molecule has 0 radical (unpaired) electrons. The first-order chi connectivity index (χ1) is 7.34. The molecular formula is C9H7BrF2O4. The van der Waals surface area contributed by atoms with Crippen LogP contribution in [0.25, 0.3) is 0 Å². The molecule has 0 aliphatic rings. The van der Waals surface area contributed by atoms with Crippen molar-refractivity contribution in [3.8, 4) is 0 Å². The standard InChI is InChI=1S/C9H7BrF2O4/c10-4-1-3(11)2-5(12)6(4)7(13)8(14)9(15)16/h1-2,7-8,13-14H,(H,15,16). The van der Waals surface area contributed by atoms with Crippen molar-refractivity contribution in [2.24, 2.45) is 0 Å². The second-order valence-electron chi connectivity index (χ2n) is 3.01. The molecule has 0 aliphatic carbocycles. The largest absolute Gasteiger partial charge is 0.479 e. The molecule has 2 unspecified atom stereocenters. The van der Waals surface area contributed by atoms with Crippen molar-refractivity contribution < 1.29 is 28.9 Å². The zero-order valence-electron chi connectivity index (χ0n) is 7.69. The van der Waals surface area contributed by atoms with E-state index in [2.05, 4.69) is 15.9 Å². The molecular weight excluding hydrogens is 290 g/mol. The molecule has 88 valence electrons. The van der Waals surface area contributed by atoms with Gasteiger partial charge in [0.25, 0.3) is 0 Å². The van der Waals surface area contributed by atoms with E-state index in [9.17, 15) is 18.7 Å². The van der Waals surface area contributed by atoms with Crippen LogP contribution in [-0.4, -0.2) is 27.4 Å². The number of carboxylic acid groups (broad SMARTS) is 1. The molecule has 1 aromatic carbocycles. The van der Waals surface area contributed by atoms with Crippen molar-refractivity contribution in [1.82, 2.24) is 0 Å². The molecule has 2 atom stereocenters. The lowest BCUT2D eigenvalue weighted by Crippen LogP contribution is -2.28. The van der Waals surface area contributed by atoms with Crippen molar-refractivity contribution >= 4 is 21.9 Å². The number of aliphatic carboxylic acids is 1. The Morgan fingerprint density at radius 1 is 1.31 bits per heavy atom. The molecule has 0 bridgehead atoms. The van der Waals surface area contributed by atoms with Gasteiger partial charge in [-0.05, 0) is 6.07 Å². The number of hydrogen-bond acceptors (Lipinski definition) is 3. The van der Waals surface area contributed by atoms with Crippen LogP contribution in [0.3, 0.4) is 0 Å². The number of aliphatic hydroxyl groups is 2. The van der Waals surface area contributed by atoms with Gasteiger partial charge in [-0.15, -0.1) is 0 Å². The van der Waals surface area contributed by atoms with Gasteiger partial charge in [0, 0.05) is 16.1 Å². The summed E-state index contributed by atoms with van der Waals surface area (Å²) >= 11 is 2.77. The summed E-state index contributed by atoms with van der Waals surface area (Å²) in [6.45, 7) is 0. The summed E-state index contributed by atoms with van der Waals surface area (Å²) in [7, 11) is 0. The van der Waals surface area contributed by atoms with Gasteiger partial charge < -0.3 is 15.3 Å². The minimum absolute atomic E-state index is 0.155. The van der Waals surface area contributed by atoms with Gasteiger partial charge in [-0.25, -0.2) is 13.6 Å². The summed E-state index contributed by atoms with van der Waals surface area (Å²) in [6, 6.07) is 1.34. The van der Waals surface area contributed by atoms with Crippen LogP contribution >= 0.6 is 15.9 Å². The predicted molar refractivity (Wildman–Crippen MR) is 52.7 cm³/mol. The number of halogens is 3. The Balaban J connectivity index is 3.18. The maximum atomic E-state index is 13.3. The van der Waals surface area contributed by atoms with E-state index in [0.717, 1.165) is 6.07 Å². The van der Waals surface area contributed by atoms with Gasteiger partial charge in [0.1, 0.15) is 17.7 Å². The molecule has 16 heavy (non-hydrogen) atoms. The molecule has 0 spiro atoms. The van der Waals surface area contributed by atoms with E-state index in [0.29, 0.717) is 6.07 Å². The number of aliphatic hydroxyl groups excluding tert-OH is 2. The summed E-state index contributed by atoms with van der Waals surface area (Å²) in [4.78, 5) is 10.4. The Morgan fingerprint density at radius 2 is 1.88 bits per heavy atom. The third-order valence-electron chi connectivity index (χ3n) is 1.89. The SMILES string of the molecule is O=C(O)C(O)C(O)c1c(F)cc(F)cc1Br. The average Bonchev–Trinajstić information content (AvgIpc) is 2.14. The van der Waals surface area contributed by atoms with Crippen LogP contribution < -0.4 is 0 Å². The summed E-state index contributed by atoms with van der Waals surface area (Å²) in [5.41, 5.74) is -0.503. The van der Waals surface area contributed by atoms with Crippen molar-refractivity contribution in [2.75, 3.05) is 0 Å². The summed E-state index contributed by atoms with van der Waals surface area (Å²) in [6.07, 6.45) is -4.16. The number of benzene rings is 1. The minimum atomic E-state index is -2.18. The average molecular weight is 297 g/mol. The molecule has 0 fully saturated rings. The van der Waals surface area contributed by atoms with Crippen molar-refractivity contribution in [1.29, 1.82) is 0 Å². The second kappa shape index (κ2) is 4.86. The molecule has 1 aromatic rings. The molecule has 0 heterocycles. The first kappa shape index (κ1) is 13.0. The number of rotatable bonds is 3. The van der Waals surface area contributed by atoms with Crippen LogP contribution in [0.15, 0.2) is 16.6 Å². The predicted octanol–water partition coefficient (Wildman–Crippen LogP) is 1.21. The lowest BCUT2D eigenvalue weighted by molar-refractivity contribution is -0.153. The van der Waals surface area contributed by atoms with E-state index in [1.54, 1.807) is 0 Å². The number of carboxylic acids is 1. The zero-order valence-corrected chi connectivity index (χ0v) is 9.28. The van der Waals surface area contributed by atoms with E-state index in [1.807, 2.05) is 0 Å². The quantitative estimate of drug-likeness (QED) is 0.783. The van der Waals surface area contributed by atoms with Gasteiger partial charge >= 0.3 is 5.97 Å². The third-order valence-corrected chi connectivity index (χ3v) is 2.55. The van der Waals surface area contributed by atoms with Crippen LogP contribution in [0.2, 0.25) is 0 Å². The van der Waals surface area contributed by atoms with Crippen LogP contribution in [0.4, 0.5) is 8.78 Å². The summed E-state index contributed by atoms with van der Waals surface area (Å²) in [5, 5.41) is 26.9. The smallest absolute Gasteiger partial charge is 0.335 e. The first-order valence-electron chi connectivity index (χ1n) is 4.08. The highest BCUT2D eigenvalue weighted by atomic mass is 79.9. The van der Waals surface area contributed by atoms with E-state index < -0.39 is 35.4 Å². The highest BCUT2D eigenvalue weighted by molar-refractivity contribution is 9.10. The molecule has 0 aliphatic heterocycles. The van der Waals surface area contributed by atoms with E-state index in [1.165, 1.54) is 0 Å². The monoisotopic (exact) mass is 296 g/mol. The fourth-order valence-corrected chi connectivity index (χ4v) is 1.77. The number of carbonyl (C=O) groups is 1. The Hall–Kier alpha value is -1.05. The molecule has 3 N–H and O–H groups in total. The van der Waals surface area contributed by atoms with Crippen LogP contribution in [-0.2, 0) is 4.79 Å². The zero-order chi connectivity index (χ0) is 12.5. The molecule has 7 heteroatoms. The van der Waals surface area contributed by atoms with Gasteiger partial charge in [0.05, 0.1) is 0 Å². The maximum Gasteiger partial charge on any atom is 0.335 e. The number of hydrogen-bond donors (Lipinski definition) is 3. The molecule has 1 rings (SSSR count). The molecule has 0 saturated heterocycles. The van der Waals surface area contributed by atoms with Crippen LogP contribution in [0.1, 0.15) is 11.7 Å². The Bertz CT molecular complexity index is 401. The fourth-order valence-electron chi connectivity index (χ4n) is 1.13. The molecule has 4 nitrogen and oxygen atoms in total. The highest BCUT2D eigenvalue weighted by Crippen LogP contribution is 2.29. The Morgan fingerprint density at radius 3 is 2.31 bits per heavy atom. The lowest BCUT2D eigenvalue weighted by Gasteiger charge is -2.16. The highest BCUT2D eigenvalue weighted by Gasteiger charge is 2.29. The van der Waals surface area contributed by atoms with Gasteiger partial charge in [0.2, 0.25) is 0 Å². The van der Waals surface area contributed by atoms with E-state index >= 15 is 0 Å². The maximum absolute atomic E-state index is 13.3. The summed E-state index contributed by atoms with van der Waals surface area (Å²) in [5.74, 6) is -3.73. The van der Waals surface area contributed by atoms with Crippen molar-refractivity contribution in [2.45, 2.75) is 12.2 Å². The second-order valence-corrected chi connectivity index (χ2v) is 3.87. The minimum Gasteiger partial charge on any atom is -0.479 e. The molecule has 0 amide bonds. The molecule has 0 saturated carbocycles. The van der Waals surface area contributed by atoms with Gasteiger partial charge in [-0.2, -0.15) is 0 Å². The normalized spacial score (nSPS) is 14.6. The summed E-state index contributed by atoms with van der Waals surface area (Å²) < 4.78 is 25.8. The molecule has 0 aromatic heterocycles. The van der Waals surface area contributed by atoms with Crippen molar-refractivity contribution in [3.63, 3.8) is 0 Å². The van der Waals surface area contributed by atoms with Gasteiger partial charge in [-0.3, -0.25) is 0 Å².